The lowest BCUT2D eigenvalue weighted by Crippen LogP contribution is -2.37. The largest absolute Gasteiger partial charge is 0.442 e. The normalized spacial score (nSPS) is 20.4. The third-order valence-electron chi connectivity index (χ3n) is 5.18. The van der Waals surface area contributed by atoms with Crippen LogP contribution in [0.25, 0.3) is 11.1 Å². The van der Waals surface area contributed by atoms with Crippen molar-refractivity contribution in [2.24, 2.45) is 5.73 Å². The SMILES string of the molecule is C=CCNCc1ccc(-c2cc3c(cc2F)N2C(=O)OC(CN)[C@@H]2C3)cc1. The Labute approximate surface area is 157 Å². The fraction of sp³-hybridized carbons (Fsp3) is 0.286. The minimum atomic E-state index is -0.447. The van der Waals surface area contributed by atoms with Gasteiger partial charge < -0.3 is 15.8 Å². The number of hydrogen-bond donors (Lipinski definition) is 2. The van der Waals surface area contributed by atoms with Gasteiger partial charge in [0.2, 0.25) is 0 Å². The number of rotatable bonds is 6. The second-order valence-electron chi connectivity index (χ2n) is 6.88. The van der Waals surface area contributed by atoms with E-state index in [4.69, 9.17) is 10.5 Å². The first-order valence-electron chi connectivity index (χ1n) is 9.05. The average Bonchev–Trinajstić information content (AvgIpc) is 3.19. The van der Waals surface area contributed by atoms with E-state index in [9.17, 15) is 9.18 Å². The summed E-state index contributed by atoms with van der Waals surface area (Å²) in [6.07, 6.45) is 1.64. The van der Waals surface area contributed by atoms with E-state index in [-0.39, 0.29) is 24.5 Å². The summed E-state index contributed by atoms with van der Waals surface area (Å²) in [4.78, 5) is 13.6. The van der Waals surface area contributed by atoms with Gasteiger partial charge in [0.1, 0.15) is 11.9 Å². The summed E-state index contributed by atoms with van der Waals surface area (Å²) in [6.45, 7) is 5.41. The summed E-state index contributed by atoms with van der Waals surface area (Å²) in [5.41, 5.74) is 9.72. The first-order valence-corrected chi connectivity index (χ1v) is 9.05. The number of carbonyl (C=O) groups excluding carboxylic acids is 1. The fourth-order valence-corrected chi connectivity index (χ4v) is 3.83. The number of benzene rings is 2. The maximum atomic E-state index is 14.8. The summed E-state index contributed by atoms with van der Waals surface area (Å²) in [5.74, 6) is -0.351. The third kappa shape index (κ3) is 3.11. The summed E-state index contributed by atoms with van der Waals surface area (Å²) >= 11 is 0. The molecule has 0 radical (unpaired) electrons. The van der Waals surface area contributed by atoms with Gasteiger partial charge in [0, 0.05) is 25.2 Å². The second kappa shape index (κ2) is 7.13. The van der Waals surface area contributed by atoms with Crippen molar-refractivity contribution in [3.8, 4) is 11.1 Å². The van der Waals surface area contributed by atoms with Gasteiger partial charge in [-0.3, -0.25) is 4.90 Å². The number of ether oxygens (including phenoxy) is 1. The number of hydrogen-bond acceptors (Lipinski definition) is 4. The topological polar surface area (TPSA) is 67.6 Å². The Hall–Kier alpha value is -2.70. The lowest BCUT2D eigenvalue weighted by atomic mass is 9.98. The Bertz CT molecular complexity index is 882. The number of carbonyl (C=O) groups is 1. The van der Waals surface area contributed by atoms with Crippen LogP contribution in [-0.2, 0) is 17.7 Å². The Kier molecular flexibility index (Phi) is 4.68. The van der Waals surface area contributed by atoms with Gasteiger partial charge in [-0.15, -0.1) is 6.58 Å². The maximum absolute atomic E-state index is 14.8. The smallest absolute Gasteiger partial charge is 0.415 e. The van der Waals surface area contributed by atoms with Crippen molar-refractivity contribution in [3.05, 3.63) is 66.0 Å². The van der Waals surface area contributed by atoms with Gasteiger partial charge in [-0.05, 0) is 35.2 Å². The number of nitrogens with one attached hydrogen (secondary N) is 1. The van der Waals surface area contributed by atoms with Crippen LogP contribution in [-0.4, -0.2) is 31.3 Å². The summed E-state index contributed by atoms with van der Waals surface area (Å²) in [6, 6.07) is 10.9. The molecule has 0 spiro atoms. The molecule has 27 heavy (non-hydrogen) atoms. The van der Waals surface area contributed by atoms with Crippen molar-refractivity contribution in [2.45, 2.75) is 25.1 Å². The molecule has 2 aliphatic heterocycles. The van der Waals surface area contributed by atoms with Gasteiger partial charge in [0.25, 0.3) is 0 Å². The number of amides is 1. The zero-order valence-electron chi connectivity index (χ0n) is 15.0. The monoisotopic (exact) mass is 367 g/mol. The van der Waals surface area contributed by atoms with Gasteiger partial charge in [-0.1, -0.05) is 30.3 Å². The molecule has 3 N–H and O–H groups in total. The second-order valence-corrected chi connectivity index (χ2v) is 6.88. The molecule has 1 unspecified atom stereocenters. The van der Waals surface area contributed by atoms with Crippen molar-refractivity contribution < 1.29 is 13.9 Å². The first kappa shape index (κ1) is 17.7. The Morgan fingerprint density at radius 2 is 2.11 bits per heavy atom. The van der Waals surface area contributed by atoms with Crippen LogP contribution in [0.4, 0.5) is 14.9 Å². The third-order valence-corrected chi connectivity index (χ3v) is 5.18. The number of anilines is 1. The lowest BCUT2D eigenvalue weighted by molar-refractivity contribution is 0.135. The molecule has 2 aromatic carbocycles. The molecule has 4 rings (SSSR count). The highest BCUT2D eigenvalue weighted by Gasteiger charge is 2.47. The maximum Gasteiger partial charge on any atom is 0.415 e. The molecular formula is C21H22FN3O2. The quantitative estimate of drug-likeness (QED) is 0.608. The van der Waals surface area contributed by atoms with Crippen molar-refractivity contribution in [1.82, 2.24) is 5.32 Å². The van der Waals surface area contributed by atoms with Crippen molar-refractivity contribution >= 4 is 11.8 Å². The number of cyclic esters (lactones) is 1. The highest BCUT2D eigenvalue weighted by atomic mass is 19.1. The minimum absolute atomic E-state index is 0.148. The molecule has 2 aromatic rings. The molecule has 0 saturated carbocycles. The predicted octanol–water partition coefficient (Wildman–Crippen LogP) is 2.98. The Balaban J connectivity index is 1.61. The Morgan fingerprint density at radius 3 is 2.81 bits per heavy atom. The lowest BCUT2D eigenvalue weighted by Gasteiger charge is -2.15. The molecule has 5 nitrogen and oxygen atoms in total. The molecule has 2 aliphatic rings. The van der Waals surface area contributed by atoms with Crippen LogP contribution in [0.2, 0.25) is 0 Å². The average molecular weight is 367 g/mol. The van der Waals surface area contributed by atoms with E-state index >= 15 is 0 Å². The van der Waals surface area contributed by atoms with Crippen molar-refractivity contribution in [2.75, 3.05) is 18.0 Å². The van der Waals surface area contributed by atoms with Crippen LogP contribution in [0.5, 0.6) is 0 Å². The highest BCUT2D eigenvalue weighted by molar-refractivity contribution is 5.94. The van der Waals surface area contributed by atoms with E-state index in [0.29, 0.717) is 17.7 Å². The highest BCUT2D eigenvalue weighted by Crippen LogP contribution is 2.41. The molecule has 1 fully saturated rings. The van der Waals surface area contributed by atoms with Crippen molar-refractivity contribution in [3.63, 3.8) is 0 Å². The first-order chi connectivity index (χ1) is 13.1. The zero-order chi connectivity index (χ0) is 19.0. The summed E-state index contributed by atoms with van der Waals surface area (Å²) in [5, 5.41) is 3.24. The van der Waals surface area contributed by atoms with Crippen molar-refractivity contribution in [1.29, 1.82) is 0 Å². The van der Waals surface area contributed by atoms with Gasteiger partial charge in [0.05, 0.1) is 11.7 Å². The van der Waals surface area contributed by atoms with Crippen LogP contribution in [0.3, 0.4) is 0 Å². The number of nitrogens with zero attached hydrogens (tertiary/aromatic N) is 1. The zero-order valence-corrected chi connectivity index (χ0v) is 15.0. The van der Waals surface area contributed by atoms with Gasteiger partial charge in [-0.2, -0.15) is 0 Å². The van der Waals surface area contributed by atoms with Crippen LogP contribution in [0.1, 0.15) is 11.1 Å². The number of halogens is 1. The van der Waals surface area contributed by atoms with E-state index in [2.05, 4.69) is 11.9 Å². The molecule has 2 atom stereocenters. The summed E-state index contributed by atoms with van der Waals surface area (Å²) in [7, 11) is 0. The minimum Gasteiger partial charge on any atom is -0.442 e. The molecular weight excluding hydrogens is 345 g/mol. The van der Waals surface area contributed by atoms with E-state index in [1.807, 2.05) is 36.4 Å². The molecule has 6 heteroatoms. The number of nitrogens with two attached hydrogens (primary N) is 1. The van der Waals surface area contributed by atoms with E-state index in [1.165, 1.54) is 11.0 Å². The summed E-state index contributed by atoms with van der Waals surface area (Å²) < 4.78 is 20.1. The predicted molar refractivity (Wildman–Crippen MR) is 103 cm³/mol. The van der Waals surface area contributed by atoms with Crippen LogP contribution in [0.15, 0.2) is 49.1 Å². The van der Waals surface area contributed by atoms with E-state index in [1.54, 1.807) is 0 Å². The van der Waals surface area contributed by atoms with Gasteiger partial charge in [-0.25, -0.2) is 9.18 Å². The fourth-order valence-electron chi connectivity index (χ4n) is 3.83. The molecule has 140 valence electrons. The Morgan fingerprint density at radius 1 is 1.33 bits per heavy atom. The van der Waals surface area contributed by atoms with Gasteiger partial charge >= 0.3 is 6.09 Å². The molecule has 2 heterocycles. The van der Waals surface area contributed by atoms with Gasteiger partial charge in [0.15, 0.2) is 0 Å². The van der Waals surface area contributed by atoms with Crippen LogP contribution >= 0.6 is 0 Å². The standard InChI is InChI=1S/C21H22FN3O2/c1-2-7-24-12-13-3-5-14(6-4-13)16-8-15-9-19-20(11-23)27-21(26)25(19)18(15)10-17(16)22/h2-6,8,10,19-20,24H,1,7,9,11-12,23H2/t19-,20?/m0/s1. The van der Waals surface area contributed by atoms with E-state index < -0.39 is 6.09 Å². The molecule has 1 amide bonds. The number of fused-ring (bicyclic) bond motifs is 3. The van der Waals surface area contributed by atoms with Crippen LogP contribution in [0, 0.1) is 5.82 Å². The molecule has 0 aromatic heterocycles. The molecule has 1 saturated heterocycles. The molecule has 0 aliphatic carbocycles. The van der Waals surface area contributed by atoms with E-state index in [0.717, 1.165) is 29.8 Å². The molecule has 0 bridgehead atoms. The van der Waals surface area contributed by atoms with Crippen LogP contribution < -0.4 is 16.0 Å².